The van der Waals surface area contributed by atoms with Crippen molar-refractivity contribution in [3.05, 3.63) is 122 Å². The van der Waals surface area contributed by atoms with E-state index in [9.17, 15) is 17.6 Å². The average Bonchev–Trinajstić information content (AvgIpc) is 3.70. The first kappa shape index (κ1) is 30.7. The Hall–Kier alpha value is -2.57. The molecule has 2 aliphatic carbocycles. The maximum Gasteiger partial charge on any atom is 4.00 e. The van der Waals surface area contributed by atoms with E-state index in [-0.39, 0.29) is 21.7 Å². The third-order valence-electron chi connectivity index (χ3n) is 5.51. The first-order valence-corrected chi connectivity index (χ1v) is 12.2. The molecule has 0 amide bonds. The van der Waals surface area contributed by atoms with Crippen molar-refractivity contribution >= 4 is 0 Å². The molecule has 0 radical (unpaired) electrons. The van der Waals surface area contributed by atoms with E-state index in [0.29, 0.717) is 11.4 Å². The summed E-state index contributed by atoms with van der Waals surface area (Å²) in [5.74, 6) is -2.76. The third kappa shape index (κ3) is 11.6. The molecular weight excluding hydrogens is 512 g/mol. The average molecular weight is 542 g/mol. The van der Waals surface area contributed by atoms with E-state index < -0.39 is 23.3 Å². The predicted molar refractivity (Wildman–Crippen MR) is 135 cm³/mol. The smallest absolute Gasteiger partial charge is 0.347 e. The molecule has 2 fully saturated rings. The quantitative estimate of drug-likeness (QED) is 0.136. The molecule has 0 spiro atoms. The van der Waals surface area contributed by atoms with Crippen molar-refractivity contribution in [1.29, 1.82) is 0 Å². The van der Waals surface area contributed by atoms with Crippen LogP contribution in [0.15, 0.2) is 73.3 Å². The number of halogens is 4. The van der Waals surface area contributed by atoms with Gasteiger partial charge < -0.3 is 22.0 Å². The third-order valence-corrected chi connectivity index (χ3v) is 5.51. The van der Waals surface area contributed by atoms with Crippen LogP contribution >= 0.6 is 0 Å². The maximum absolute atomic E-state index is 12.7. The Balaban J connectivity index is 0.000000187. The first-order chi connectivity index (χ1) is 17.5. The Kier molecular flexibility index (Phi) is 14.1. The van der Waals surface area contributed by atoms with Crippen LogP contribution in [0.25, 0.3) is 11.4 Å². The predicted octanol–water partition coefficient (Wildman–Crippen LogP) is 8.64. The SMILES string of the molecule is Fc1[c-]c(F)cc(-n2cccc2)c1.Fc1[c-]c(F)cc(-n2cccc2)c1.[CH-]1CCCC1.[CH-]1CCCC1.[Ti+4]. The molecule has 0 N–H and O–H groups in total. The van der Waals surface area contributed by atoms with Crippen molar-refractivity contribution in [3.63, 3.8) is 0 Å². The molecule has 0 aliphatic heterocycles. The summed E-state index contributed by atoms with van der Waals surface area (Å²) in [4.78, 5) is 0. The molecule has 0 bridgehead atoms. The Morgan fingerprint density at radius 3 is 1.00 bits per heavy atom. The number of benzene rings is 2. The summed E-state index contributed by atoms with van der Waals surface area (Å²) in [5, 5.41) is 0. The molecule has 0 atom stereocenters. The second-order valence-electron chi connectivity index (χ2n) is 8.40. The van der Waals surface area contributed by atoms with Gasteiger partial charge in [-0.2, -0.15) is 25.7 Å². The van der Waals surface area contributed by atoms with Crippen LogP contribution in [0.3, 0.4) is 0 Å². The van der Waals surface area contributed by atoms with Crippen LogP contribution in [0.5, 0.6) is 0 Å². The van der Waals surface area contributed by atoms with Gasteiger partial charge in [0, 0.05) is 48.1 Å². The van der Waals surface area contributed by atoms with Gasteiger partial charge in [-0.3, -0.25) is 0 Å². The number of hydrogen-bond acceptors (Lipinski definition) is 0. The van der Waals surface area contributed by atoms with Gasteiger partial charge in [0.05, 0.1) is 0 Å². The van der Waals surface area contributed by atoms with Crippen LogP contribution in [0.1, 0.15) is 51.4 Å². The molecule has 2 aliphatic rings. The zero-order valence-electron chi connectivity index (χ0n) is 20.6. The van der Waals surface area contributed by atoms with E-state index >= 15 is 0 Å². The van der Waals surface area contributed by atoms with Crippen molar-refractivity contribution in [2.75, 3.05) is 0 Å². The number of rotatable bonds is 2. The van der Waals surface area contributed by atoms with E-state index in [1.54, 1.807) is 58.2 Å². The summed E-state index contributed by atoms with van der Waals surface area (Å²) in [7, 11) is 0. The van der Waals surface area contributed by atoms with Crippen LogP contribution in [0.4, 0.5) is 17.6 Å². The van der Waals surface area contributed by atoms with Gasteiger partial charge in [-0.25, -0.2) is 17.6 Å². The van der Waals surface area contributed by atoms with Crippen molar-refractivity contribution in [3.8, 4) is 11.4 Å². The zero-order chi connectivity index (χ0) is 25.6. The summed E-state index contributed by atoms with van der Waals surface area (Å²) < 4.78 is 54.1. The molecule has 6 rings (SSSR count). The number of aromatic nitrogens is 2. The van der Waals surface area contributed by atoms with Crippen LogP contribution in [-0.2, 0) is 21.7 Å². The van der Waals surface area contributed by atoms with E-state index in [2.05, 4.69) is 12.8 Å². The van der Waals surface area contributed by atoms with Crippen LogP contribution < -0.4 is 0 Å². The van der Waals surface area contributed by atoms with E-state index in [1.807, 2.05) is 12.1 Å². The Bertz CT molecular complexity index is 989. The van der Waals surface area contributed by atoms with Gasteiger partial charge in [-0.15, -0.1) is 36.4 Å². The van der Waals surface area contributed by atoms with Crippen LogP contribution in [0.2, 0.25) is 0 Å². The largest absolute Gasteiger partial charge is 4.00 e. The van der Waals surface area contributed by atoms with Gasteiger partial charge in [-0.05, 0) is 24.3 Å². The van der Waals surface area contributed by atoms with Gasteiger partial charge in [0.15, 0.2) is 0 Å². The van der Waals surface area contributed by atoms with Gasteiger partial charge in [0.2, 0.25) is 0 Å². The van der Waals surface area contributed by atoms with E-state index in [4.69, 9.17) is 0 Å². The maximum atomic E-state index is 12.7. The Morgan fingerprint density at radius 2 is 0.784 bits per heavy atom. The molecule has 0 unspecified atom stereocenters. The number of nitrogens with zero attached hydrogens (tertiary/aromatic N) is 2. The fourth-order valence-corrected chi connectivity index (χ4v) is 3.73. The Labute approximate surface area is 232 Å². The van der Waals surface area contributed by atoms with Crippen molar-refractivity contribution in [2.45, 2.75) is 51.4 Å². The second kappa shape index (κ2) is 17.0. The summed E-state index contributed by atoms with van der Waals surface area (Å²) >= 11 is 0. The van der Waals surface area contributed by atoms with Crippen molar-refractivity contribution in [2.24, 2.45) is 0 Å². The molecule has 2 aromatic carbocycles. The van der Waals surface area contributed by atoms with Crippen molar-refractivity contribution in [1.82, 2.24) is 9.13 Å². The number of hydrogen-bond donors (Lipinski definition) is 0. The molecule has 2 nitrogen and oxygen atoms in total. The van der Waals surface area contributed by atoms with Crippen LogP contribution in [0, 0.1) is 48.2 Å². The molecule has 7 heteroatoms. The second-order valence-corrected chi connectivity index (χ2v) is 8.40. The van der Waals surface area contributed by atoms with Gasteiger partial charge >= 0.3 is 21.7 Å². The normalized spacial score (nSPS) is 13.7. The topological polar surface area (TPSA) is 9.86 Å². The summed E-state index contributed by atoms with van der Waals surface area (Å²) in [6.07, 6.45) is 22.9. The standard InChI is InChI=1S/2C10H6F2N.2C5H9.Ti/c2*11-8-5-9(12)7-10(6-8)13-3-1-2-4-13;2*1-2-4-5-3-1;/h2*1-4,6-7H;2*1H,2-5H2;/q4*-1;+4. The fourth-order valence-electron chi connectivity index (χ4n) is 3.73. The van der Waals surface area contributed by atoms with Crippen molar-refractivity contribution < 1.29 is 39.3 Å². The minimum absolute atomic E-state index is 0. The molecule has 192 valence electrons. The minimum Gasteiger partial charge on any atom is -0.347 e. The summed E-state index contributed by atoms with van der Waals surface area (Å²) in [6, 6.07) is 15.9. The molecule has 2 aromatic heterocycles. The molecule has 0 saturated heterocycles. The van der Waals surface area contributed by atoms with Gasteiger partial charge in [0.1, 0.15) is 0 Å². The molecule has 4 aromatic rings. The summed E-state index contributed by atoms with van der Waals surface area (Å²) in [6.45, 7) is 0. The Morgan fingerprint density at radius 1 is 0.514 bits per heavy atom. The van der Waals surface area contributed by atoms with Crippen LogP contribution in [-0.4, -0.2) is 9.13 Å². The zero-order valence-corrected chi connectivity index (χ0v) is 22.2. The molecular formula is C30H30F4N2Ti. The molecule has 2 saturated carbocycles. The first-order valence-electron chi connectivity index (χ1n) is 12.2. The van der Waals surface area contributed by atoms with E-state index in [1.165, 1.54) is 75.6 Å². The molecule has 37 heavy (non-hydrogen) atoms. The monoisotopic (exact) mass is 542 g/mol. The van der Waals surface area contributed by atoms with E-state index in [0.717, 1.165) is 0 Å². The molecule has 2 heterocycles. The minimum atomic E-state index is -0.691. The van der Waals surface area contributed by atoms with Gasteiger partial charge in [0.25, 0.3) is 0 Å². The summed E-state index contributed by atoms with van der Waals surface area (Å²) in [5.41, 5.74) is 0.914. The van der Waals surface area contributed by atoms with Gasteiger partial charge in [-0.1, -0.05) is 37.1 Å². The fraction of sp³-hybridized carbons (Fsp3) is 0.267.